The van der Waals surface area contributed by atoms with Crippen LogP contribution in [-0.2, 0) is 4.74 Å². The Balaban J connectivity index is 4.55. The van der Waals surface area contributed by atoms with E-state index in [1.54, 1.807) is 7.11 Å². The molecule has 0 saturated heterocycles. The molecule has 0 aliphatic carbocycles. The Morgan fingerprint density at radius 2 is 1.92 bits per heavy atom. The van der Waals surface area contributed by atoms with E-state index >= 15 is 0 Å². The molecule has 0 bridgehead atoms. The van der Waals surface area contributed by atoms with Gasteiger partial charge in [-0.2, -0.15) is 0 Å². The second-order valence-electron chi connectivity index (χ2n) is 3.19. The van der Waals surface area contributed by atoms with Crippen LogP contribution in [0.1, 0.15) is 13.8 Å². The quantitative estimate of drug-likeness (QED) is 0.496. The standard InChI is InChI=1S/C9H17NOS/c1-7(2)8(6-10(3)4)9(12)11-5/h6-7H,1-5H3. The summed E-state index contributed by atoms with van der Waals surface area (Å²) < 4.78 is 5.01. The van der Waals surface area contributed by atoms with Crippen molar-refractivity contribution in [2.24, 2.45) is 5.92 Å². The van der Waals surface area contributed by atoms with Gasteiger partial charge in [0.05, 0.1) is 7.11 Å². The highest BCUT2D eigenvalue weighted by atomic mass is 32.1. The Morgan fingerprint density at radius 3 is 2.17 bits per heavy atom. The fraction of sp³-hybridized carbons (Fsp3) is 0.667. The molecular weight excluding hydrogens is 170 g/mol. The fourth-order valence-corrected chi connectivity index (χ4v) is 1.12. The fourth-order valence-electron chi connectivity index (χ4n) is 0.833. The molecule has 0 unspecified atom stereocenters. The van der Waals surface area contributed by atoms with E-state index in [0.717, 1.165) is 5.57 Å². The van der Waals surface area contributed by atoms with Crippen molar-refractivity contribution in [3.05, 3.63) is 11.8 Å². The minimum atomic E-state index is 0.403. The summed E-state index contributed by atoms with van der Waals surface area (Å²) in [6, 6.07) is 0. The van der Waals surface area contributed by atoms with Crippen LogP contribution in [0.5, 0.6) is 0 Å². The SMILES string of the molecule is COC(=S)C(=CN(C)C)C(C)C. The molecule has 0 N–H and O–H groups in total. The summed E-state index contributed by atoms with van der Waals surface area (Å²) in [5, 5.41) is 0.582. The molecule has 0 aromatic carbocycles. The molecule has 12 heavy (non-hydrogen) atoms. The lowest BCUT2D eigenvalue weighted by molar-refractivity contribution is 0.408. The number of ether oxygens (including phenoxy) is 1. The molecular formula is C9H17NOS. The van der Waals surface area contributed by atoms with Crippen molar-refractivity contribution in [1.82, 2.24) is 4.90 Å². The highest BCUT2D eigenvalue weighted by Crippen LogP contribution is 2.12. The van der Waals surface area contributed by atoms with Gasteiger partial charge in [0, 0.05) is 25.9 Å². The van der Waals surface area contributed by atoms with Crippen LogP contribution in [0.2, 0.25) is 0 Å². The molecule has 0 fully saturated rings. The van der Waals surface area contributed by atoms with Gasteiger partial charge in [-0.25, -0.2) is 0 Å². The van der Waals surface area contributed by atoms with E-state index in [9.17, 15) is 0 Å². The van der Waals surface area contributed by atoms with Gasteiger partial charge in [-0.3, -0.25) is 0 Å². The third-order valence-electron chi connectivity index (χ3n) is 1.44. The van der Waals surface area contributed by atoms with Crippen molar-refractivity contribution in [2.75, 3.05) is 21.2 Å². The van der Waals surface area contributed by atoms with Gasteiger partial charge >= 0.3 is 0 Å². The molecule has 0 rings (SSSR count). The maximum atomic E-state index is 5.05. The molecule has 0 atom stereocenters. The third kappa shape index (κ3) is 3.72. The number of hydrogen-bond donors (Lipinski definition) is 0. The Hall–Kier alpha value is -0.570. The van der Waals surface area contributed by atoms with Crippen molar-refractivity contribution < 1.29 is 4.74 Å². The van der Waals surface area contributed by atoms with Gasteiger partial charge in [-0.15, -0.1) is 0 Å². The maximum Gasteiger partial charge on any atom is 0.188 e. The molecule has 0 aromatic rings. The van der Waals surface area contributed by atoms with Gasteiger partial charge in [0.25, 0.3) is 0 Å². The lowest BCUT2D eigenvalue weighted by atomic mass is 10.1. The topological polar surface area (TPSA) is 12.5 Å². The molecule has 0 aliphatic heterocycles. The Kier molecular flexibility index (Phi) is 4.90. The highest BCUT2D eigenvalue weighted by molar-refractivity contribution is 7.80. The first-order valence-corrected chi connectivity index (χ1v) is 4.36. The Morgan fingerprint density at radius 1 is 1.42 bits per heavy atom. The minimum absolute atomic E-state index is 0.403. The molecule has 0 aromatic heterocycles. The highest BCUT2D eigenvalue weighted by Gasteiger charge is 2.09. The number of hydrogen-bond acceptors (Lipinski definition) is 3. The van der Waals surface area contributed by atoms with Gasteiger partial charge in [0.15, 0.2) is 5.05 Å². The summed E-state index contributed by atoms with van der Waals surface area (Å²) in [7, 11) is 5.55. The average Bonchev–Trinajstić information content (AvgIpc) is 1.98. The molecule has 0 amide bonds. The number of thiocarbonyl (C=S) groups is 1. The van der Waals surface area contributed by atoms with E-state index in [-0.39, 0.29) is 0 Å². The summed E-state index contributed by atoms with van der Waals surface area (Å²) in [5.41, 5.74) is 1.07. The van der Waals surface area contributed by atoms with Crippen LogP contribution in [0.3, 0.4) is 0 Å². The van der Waals surface area contributed by atoms with E-state index in [4.69, 9.17) is 17.0 Å². The summed E-state index contributed by atoms with van der Waals surface area (Å²) in [6.45, 7) is 4.20. The largest absolute Gasteiger partial charge is 0.486 e. The maximum absolute atomic E-state index is 5.05. The lowest BCUT2D eigenvalue weighted by Gasteiger charge is -2.14. The first-order chi connectivity index (χ1) is 5.49. The first-order valence-electron chi connectivity index (χ1n) is 3.95. The number of nitrogens with zero attached hydrogens (tertiary/aromatic N) is 1. The van der Waals surface area contributed by atoms with Crippen molar-refractivity contribution in [2.45, 2.75) is 13.8 Å². The monoisotopic (exact) mass is 187 g/mol. The zero-order chi connectivity index (χ0) is 9.72. The molecule has 0 saturated carbocycles. The molecule has 0 heterocycles. The van der Waals surface area contributed by atoms with Crippen LogP contribution >= 0.6 is 12.2 Å². The lowest BCUT2D eigenvalue weighted by Crippen LogP contribution is -2.13. The Bertz CT molecular complexity index is 185. The van der Waals surface area contributed by atoms with Gasteiger partial charge in [0.2, 0.25) is 0 Å². The van der Waals surface area contributed by atoms with Crippen LogP contribution in [0.4, 0.5) is 0 Å². The normalized spacial score (nSPS) is 11.7. The molecule has 3 heteroatoms. The van der Waals surface area contributed by atoms with Crippen LogP contribution in [0.15, 0.2) is 11.8 Å². The van der Waals surface area contributed by atoms with Gasteiger partial charge in [0.1, 0.15) is 0 Å². The number of rotatable bonds is 3. The molecule has 2 nitrogen and oxygen atoms in total. The van der Waals surface area contributed by atoms with Gasteiger partial charge in [-0.05, 0) is 18.1 Å². The zero-order valence-electron chi connectivity index (χ0n) is 8.42. The predicted octanol–water partition coefficient (Wildman–Crippen LogP) is 2.06. The predicted molar refractivity (Wildman–Crippen MR) is 56.2 cm³/mol. The average molecular weight is 187 g/mol. The van der Waals surface area contributed by atoms with E-state index in [2.05, 4.69) is 13.8 Å². The molecule has 0 radical (unpaired) electrons. The van der Waals surface area contributed by atoms with Crippen LogP contribution in [0.25, 0.3) is 0 Å². The van der Waals surface area contributed by atoms with Crippen molar-refractivity contribution in [3.8, 4) is 0 Å². The van der Waals surface area contributed by atoms with Crippen LogP contribution < -0.4 is 0 Å². The van der Waals surface area contributed by atoms with Gasteiger partial charge < -0.3 is 9.64 Å². The van der Waals surface area contributed by atoms with Crippen molar-refractivity contribution in [1.29, 1.82) is 0 Å². The van der Waals surface area contributed by atoms with E-state index in [1.165, 1.54) is 0 Å². The van der Waals surface area contributed by atoms with Gasteiger partial charge in [-0.1, -0.05) is 13.8 Å². The molecule has 0 aliphatic rings. The van der Waals surface area contributed by atoms with Crippen molar-refractivity contribution >= 4 is 17.3 Å². The first kappa shape index (κ1) is 11.4. The van der Waals surface area contributed by atoms with Crippen molar-refractivity contribution in [3.63, 3.8) is 0 Å². The molecule has 0 spiro atoms. The minimum Gasteiger partial charge on any atom is -0.486 e. The smallest absolute Gasteiger partial charge is 0.188 e. The summed E-state index contributed by atoms with van der Waals surface area (Å²) in [5.74, 6) is 0.403. The van der Waals surface area contributed by atoms with Crippen LogP contribution in [0, 0.1) is 5.92 Å². The van der Waals surface area contributed by atoms with E-state index < -0.39 is 0 Å². The summed E-state index contributed by atoms with van der Waals surface area (Å²) in [4.78, 5) is 1.97. The third-order valence-corrected chi connectivity index (χ3v) is 1.84. The summed E-state index contributed by atoms with van der Waals surface area (Å²) in [6.07, 6.45) is 2.00. The van der Waals surface area contributed by atoms with Crippen LogP contribution in [-0.4, -0.2) is 31.2 Å². The number of methoxy groups -OCH3 is 1. The summed E-state index contributed by atoms with van der Waals surface area (Å²) >= 11 is 5.05. The second-order valence-corrected chi connectivity index (χ2v) is 3.57. The second kappa shape index (κ2) is 5.14. The van der Waals surface area contributed by atoms with E-state index in [0.29, 0.717) is 11.0 Å². The van der Waals surface area contributed by atoms with E-state index in [1.807, 2.05) is 25.2 Å². The Labute approximate surface area is 80.2 Å². The zero-order valence-corrected chi connectivity index (χ0v) is 9.23. The molecule has 70 valence electrons.